The molecule has 1 N–H and O–H groups in total. The van der Waals surface area contributed by atoms with Gasteiger partial charge in [-0.2, -0.15) is 0 Å². The van der Waals surface area contributed by atoms with Crippen LogP contribution in [0.2, 0.25) is 0 Å². The lowest BCUT2D eigenvalue weighted by atomic mass is 9.83. The minimum Gasteiger partial charge on any atom is -0.481 e. The Balaban J connectivity index is 3.09. The van der Waals surface area contributed by atoms with Gasteiger partial charge >= 0.3 is 5.97 Å². The maximum absolute atomic E-state index is 11.7. The van der Waals surface area contributed by atoms with Crippen molar-refractivity contribution in [2.45, 2.75) is 39.0 Å². The van der Waals surface area contributed by atoms with Gasteiger partial charge in [-0.3, -0.25) is 9.59 Å². The predicted octanol–water partition coefficient (Wildman–Crippen LogP) is 3.03. The molecule has 3 heteroatoms. The molecule has 0 radical (unpaired) electrons. The summed E-state index contributed by atoms with van der Waals surface area (Å²) >= 11 is 0. The highest BCUT2D eigenvalue weighted by molar-refractivity contribution is 5.96. The van der Waals surface area contributed by atoms with E-state index in [4.69, 9.17) is 5.11 Å². The quantitative estimate of drug-likeness (QED) is 0.797. The van der Waals surface area contributed by atoms with Gasteiger partial charge in [0.2, 0.25) is 0 Å². The van der Waals surface area contributed by atoms with E-state index in [1.165, 1.54) is 0 Å². The first-order valence-electron chi connectivity index (χ1n) is 5.76. The van der Waals surface area contributed by atoms with Crippen molar-refractivity contribution in [2.75, 3.05) is 0 Å². The molecule has 0 unspecified atom stereocenters. The molecule has 0 atom stereocenters. The highest BCUT2D eigenvalue weighted by Crippen LogP contribution is 2.24. The second kappa shape index (κ2) is 5.13. The van der Waals surface area contributed by atoms with E-state index in [0.717, 1.165) is 6.42 Å². The number of ketones is 1. The molecule has 17 heavy (non-hydrogen) atoms. The minimum absolute atomic E-state index is 0.0653. The van der Waals surface area contributed by atoms with Crippen LogP contribution in [0.5, 0.6) is 0 Å². The first-order valence-corrected chi connectivity index (χ1v) is 5.76. The lowest BCUT2D eigenvalue weighted by Crippen LogP contribution is -2.28. The van der Waals surface area contributed by atoms with Crippen molar-refractivity contribution in [3.05, 3.63) is 35.4 Å². The van der Waals surface area contributed by atoms with Gasteiger partial charge in [-0.15, -0.1) is 0 Å². The topological polar surface area (TPSA) is 54.4 Å². The molecule has 92 valence electrons. The van der Waals surface area contributed by atoms with Crippen LogP contribution in [-0.2, 0) is 10.2 Å². The summed E-state index contributed by atoms with van der Waals surface area (Å²) in [6, 6.07) is 6.91. The molecule has 1 aromatic rings. The largest absolute Gasteiger partial charge is 0.481 e. The number of benzene rings is 1. The normalized spacial score (nSPS) is 11.2. The van der Waals surface area contributed by atoms with Crippen LogP contribution in [0.3, 0.4) is 0 Å². The van der Waals surface area contributed by atoms with Gasteiger partial charge in [0.1, 0.15) is 0 Å². The zero-order chi connectivity index (χ0) is 13.1. The summed E-state index contributed by atoms with van der Waals surface area (Å²) in [6.45, 7) is 5.22. The van der Waals surface area contributed by atoms with Gasteiger partial charge in [0, 0.05) is 12.0 Å². The highest BCUT2D eigenvalue weighted by atomic mass is 16.4. The molecule has 1 aromatic carbocycles. The molecule has 0 spiro atoms. The lowest BCUT2D eigenvalue weighted by Gasteiger charge is -2.20. The van der Waals surface area contributed by atoms with Crippen LogP contribution in [0.25, 0.3) is 0 Å². The van der Waals surface area contributed by atoms with Crippen molar-refractivity contribution in [2.24, 2.45) is 0 Å². The minimum atomic E-state index is -0.970. The molecule has 0 heterocycles. The Bertz CT molecular complexity index is 433. The average Bonchev–Trinajstić information content (AvgIpc) is 2.29. The molecule has 0 aromatic heterocycles. The third-order valence-corrected chi connectivity index (χ3v) is 2.92. The molecule has 0 bridgehead atoms. The summed E-state index contributed by atoms with van der Waals surface area (Å²) in [5.74, 6) is -0.826. The maximum atomic E-state index is 11.7. The maximum Gasteiger partial charge on any atom is 0.313 e. The first kappa shape index (κ1) is 13.4. The molecule has 3 nitrogen and oxygen atoms in total. The number of carbonyl (C=O) groups is 2. The van der Waals surface area contributed by atoms with Crippen molar-refractivity contribution in [3.8, 4) is 0 Å². The molecular formula is C14H18O3. The Labute approximate surface area is 101 Å². The van der Waals surface area contributed by atoms with E-state index in [-0.39, 0.29) is 5.78 Å². The van der Waals surface area contributed by atoms with Crippen LogP contribution < -0.4 is 0 Å². The predicted molar refractivity (Wildman–Crippen MR) is 66.3 cm³/mol. The van der Waals surface area contributed by atoms with E-state index in [0.29, 0.717) is 17.5 Å². The summed E-state index contributed by atoms with van der Waals surface area (Å²) < 4.78 is 0. The van der Waals surface area contributed by atoms with Gasteiger partial charge in [0.25, 0.3) is 0 Å². The summed E-state index contributed by atoms with van der Waals surface area (Å²) in [4.78, 5) is 22.9. The third kappa shape index (κ3) is 2.93. The molecule has 0 aliphatic heterocycles. The monoisotopic (exact) mass is 234 g/mol. The van der Waals surface area contributed by atoms with Gasteiger partial charge in [0.15, 0.2) is 5.78 Å². The number of aliphatic carboxylic acids is 1. The standard InChI is InChI=1S/C14H18O3/c1-4-6-12(15)10-7-5-8-11(9-10)14(2,3)13(16)17/h5,7-9H,4,6H2,1-3H3,(H,16,17). The van der Waals surface area contributed by atoms with E-state index < -0.39 is 11.4 Å². The van der Waals surface area contributed by atoms with Crippen molar-refractivity contribution >= 4 is 11.8 Å². The number of rotatable bonds is 5. The SMILES string of the molecule is CCCC(=O)c1cccc(C(C)(C)C(=O)O)c1. The number of carboxylic acids is 1. The lowest BCUT2D eigenvalue weighted by molar-refractivity contribution is -0.142. The van der Waals surface area contributed by atoms with E-state index >= 15 is 0 Å². The highest BCUT2D eigenvalue weighted by Gasteiger charge is 2.29. The van der Waals surface area contributed by atoms with Gasteiger partial charge in [-0.05, 0) is 31.9 Å². The van der Waals surface area contributed by atoms with Gasteiger partial charge in [-0.1, -0.05) is 25.1 Å². The van der Waals surface area contributed by atoms with Crippen LogP contribution in [0, 0.1) is 0 Å². The average molecular weight is 234 g/mol. The Hall–Kier alpha value is -1.64. The number of carbonyl (C=O) groups excluding carboxylic acids is 1. The fourth-order valence-electron chi connectivity index (χ4n) is 1.58. The molecule has 0 amide bonds. The first-order chi connectivity index (χ1) is 7.89. The summed E-state index contributed by atoms with van der Waals surface area (Å²) in [5, 5.41) is 9.14. The zero-order valence-corrected chi connectivity index (χ0v) is 10.5. The van der Waals surface area contributed by atoms with Crippen LogP contribution >= 0.6 is 0 Å². The van der Waals surface area contributed by atoms with E-state index in [1.807, 2.05) is 6.92 Å². The zero-order valence-electron chi connectivity index (χ0n) is 10.5. The van der Waals surface area contributed by atoms with E-state index in [1.54, 1.807) is 38.1 Å². The van der Waals surface area contributed by atoms with Crippen molar-refractivity contribution < 1.29 is 14.7 Å². The fourth-order valence-corrected chi connectivity index (χ4v) is 1.58. The molecular weight excluding hydrogens is 216 g/mol. The van der Waals surface area contributed by atoms with E-state index in [2.05, 4.69) is 0 Å². The molecule has 0 saturated carbocycles. The number of carboxylic acid groups (broad SMARTS) is 1. The summed E-state index contributed by atoms with van der Waals surface area (Å²) in [6.07, 6.45) is 1.29. The Morgan fingerprint density at radius 1 is 1.29 bits per heavy atom. The van der Waals surface area contributed by atoms with Crippen molar-refractivity contribution in [1.82, 2.24) is 0 Å². The molecule has 0 fully saturated rings. The summed E-state index contributed by atoms with van der Waals surface area (Å²) in [7, 11) is 0. The fraction of sp³-hybridized carbons (Fsp3) is 0.429. The molecule has 1 rings (SSSR count). The second-order valence-corrected chi connectivity index (χ2v) is 4.68. The number of hydrogen-bond donors (Lipinski definition) is 1. The van der Waals surface area contributed by atoms with E-state index in [9.17, 15) is 9.59 Å². The molecule has 0 aliphatic carbocycles. The molecule has 0 saturated heterocycles. The third-order valence-electron chi connectivity index (χ3n) is 2.92. The Morgan fingerprint density at radius 3 is 2.47 bits per heavy atom. The Morgan fingerprint density at radius 2 is 1.94 bits per heavy atom. The summed E-state index contributed by atoms with van der Waals surface area (Å²) in [5.41, 5.74) is 0.285. The number of hydrogen-bond acceptors (Lipinski definition) is 2. The van der Waals surface area contributed by atoms with Crippen molar-refractivity contribution in [3.63, 3.8) is 0 Å². The van der Waals surface area contributed by atoms with Crippen LogP contribution in [0.15, 0.2) is 24.3 Å². The van der Waals surface area contributed by atoms with Crippen molar-refractivity contribution in [1.29, 1.82) is 0 Å². The van der Waals surface area contributed by atoms with Gasteiger partial charge < -0.3 is 5.11 Å². The smallest absolute Gasteiger partial charge is 0.313 e. The van der Waals surface area contributed by atoms with Crippen LogP contribution in [0.4, 0.5) is 0 Å². The van der Waals surface area contributed by atoms with Crippen LogP contribution in [0.1, 0.15) is 49.5 Å². The Kier molecular flexibility index (Phi) is 4.05. The van der Waals surface area contributed by atoms with Crippen LogP contribution in [-0.4, -0.2) is 16.9 Å². The second-order valence-electron chi connectivity index (χ2n) is 4.68. The number of Topliss-reactive ketones (excluding diaryl/α,β-unsaturated/α-hetero) is 1. The van der Waals surface area contributed by atoms with Gasteiger partial charge in [0.05, 0.1) is 5.41 Å². The molecule has 0 aliphatic rings. The van der Waals surface area contributed by atoms with Gasteiger partial charge in [-0.25, -0.2) is 0 Å².